The first kappa shape index (κ1) is 15.5. The third kappa shape index (κ3) is 3.42. The highest BCUT2D eigenvalue weighted by Gasteiger charge is 2.41. The largest absolute Gasteiger partial charge is 0.379 e. The normalized spacial score (nSPS) is 25.1. The molecule has 0 aromatic carbocycles. The van der Waals surface area contributed by atoms with Crippen molar-refractivity contribution in [3.63, 3.8) is 0 Å². The van der Waals surface area contributed by atoms with Crippen molar-refractivity contribution < 1.29 is 4.74 Å². The summed E-state index contributed by atoms with van der Waals surface area (Å²) in [6.07, 6.45) is 6.83. The maximum absolute atomic E-state index is 5.98. The highest BCUT2D eigenvalue weighted by molar-refractivity contribution is 5.40. The quantitative estimate of drug-likeness (QED) is 0.866. The van der Waals surface area contributed by atoms with E-state index in [1.165, 1.54) is 5.56 Å². The molecule has 2 aromatic heterocycles. The fraction of sp³-hybridized carbons (Fsp3) is 0.474. The molecule has 5 heteroatoms. The standard InChI is InChI=1S/C19H24N4O/c1-2-8-21-18(5-1)23-9-6-19(15-23)14-22(10-11-24-16-19)13-17-4-3-7-20-12-17/h1-5,7-8,12H,6,9-11,13-16H2/t19-/m1/s1. The topological polar surface area (TPSA) is 41.5 Å². The van der Waals surface area contributed by atoms with Gasteiger partial charge in [-0.25, -0.2) is 4.98 Å². The highest BCUT2D eigenvalue weighted by Crippen LogP contribution is 2.35. The zero-order valence-electron chi connectivity index (χ0n) is 14.0. The van der Waals surface area contributed by atoms with Crippen LogP contribution >= 0.6 is 0 Å². The Morgan fingerprint density at radius 3 is 2.92 bits per heavy atom. The van der Waals surface area contributed by atoms with Gasteiger partial charge < -0.3 is 9.64 Å². The summed E-state index contributed by atoms with van der Waals surface area (Å²) in [7, 11) is 0. The van der Waals surface area contributed by atoms with Crippen molar-refractivity contribution in [1.82, 2.24) is 14.9 Å². The van der Waals surface area contributed by atoms with Crippen LogP contribution in [0.3, 0.4) is 0 Å². The summed E-state index contributed by atoms with van der Waals surface area (Å²) in [5, 5.41) is 0. The molecule has 126 valence electrons. The average molecular weight is 324 g/mol. The zero-order chi connectivity index (χ0) is 16.2. The number of pyridine rings is 2. The molecule has 4 rings (SSSR count). The van der Waals surface area contributed by atoms with E-state index in [1.807, 2.05) is 30.7 Å². The number of aromatic nitrogens is 2. The van der Waals surface area contributed by atoms with Gasteiger partial charge in [0.2, 0.25) is 0 Å². The van der Waals surface area contributed by atoms with Crippen LogP contribution in [0.5, 0.6) is 0 Å². The number of anilines is 1. The summed E-state index contributed by atoms with van der Waals surface area (Å²) >= 11 is 0. The summed E-state index contributed by atoms with van der Waals surface area (Å²) in [5.74, 6) is 1.08. The molecule has 1 atom stereocenters. The van der Waals surface area contributed by atoms with Crippen LogP contribution in [0, 0.1) is 5.41 Å². The first-order valence-electron chi connectivity index (χ1n) is 8.68. The summed E-state index contributed by atoms with van der Waals surface area (Å²) in [4.78, 5) is 13.7. The van der Waals surface area contributed by atoms with Gasteiger partial charge in [-0.05, 0) is 30.2 Å². The van der Waals surface area contributed by atoms with Gasteiger partial charge in [-0.2, -0.15) is 0 Å². The summed E-state index contributed by atoms with van der Waals surface area (Å²) in [5.41, 5.74) is 1.48. The molecule has 5 nitrogen and oxygen atoms in total. The number of hydrogen-bond donors (Lipinski definition) is 0. The Balaban J connectivity index is 1.46. The molecular formula is C19H24N4O. The van der Waals surface area contributed by atoms with E-state index in [2.05, 4.69) is 38.0 Å². The fourth-order valence-electron chi connectivity index (χ4n) is 3.88. The molecule has 0 radical (unpaired) electrons. The van der Waals surface area contributed by atoms with Gasteiger partial charge in [-0.15, -0.1) is 0 Å². The van der Waals surface area contributed by atoms with Gasteiger partial charge in [-0.3, -0.25) is 9.88 Å². The van der Waals surface area contributed by atoms with Crippen LogP contribution in [0.2, 0.25) is 0 Å². The van der Waals surface area contributed by atoms with E-state index < -0.39 is 0 Å². The second-order valence-electron chi connectivity index (χ2n) is 6.98. The van der Waals surface area contributed by atoms with Gasteiger partial charge in [0.05, 0.1) is 13.2 Å². The number of nitrogens with zero attached hydrogens (tertiary/aromatic N) is 4. The second-order valence-corrected chi connectivity index (χ2v) is 6.98. The molecule has 0 saturated carbocycles. The minimum Gasteiger partial charge on any atom is -0.379 e. The molecule has 24 heavy (non-hydrogen) atoms. The second kappa shape index (κ2) is 6.87. The summed E-state index contributed by atoms with van der Waals surface area (Å²) in [6.45, 7) is 6.74. The molecular weight excluding hydrogens is 300 g/mol. The monoisotopic (exact) mass is 324 g/mol. The third-order valence-electron chi connectivity index (χ3n) is 5.06. The maximum Gasteiger partial charge on any atom is 0.128 e. The summed E-state index contributed by atoms with van der Waals surface area (Å²) in [6, 6.07) is 10.3. The molecule has 2 aliphatic heterocycles. The zero-order valence-corrected chi connectivity index (χ0v) is 14.0. The van der Waals surface area contributed by atoms with Crippen molar-refractivity contribution in [3.8, 4) is 0 Å². The van der Waals surface area contributed by atoms with Gasteiger partial charge >= 0.3 is 0 Å². The lowest BCUT2D eigenvalue weighted by Gasteiger charge is -2.32. The molecule has 1 spiro atoms. The Bertz CT molecular complexity index is 651. The van der Waals surface area contributed by atoms with Gasteiger partial charge in [0.25, 0.3) is 0 Å². The van der Waals surface area contributed by atoms with E-state index in [0.717, 1.165) is 58.2 Å². The molecule has 0 amide bonds. The minimum absolute atomic E-state index is 0.205. The van der Waals surface area contributed by atoms with Crippen LogP contribution in [0.1, 0.15) is 12.0 Å². The molecule has 0 bridgehead atoms. The minimum atomic E-state index is 0.205. The number of hydrogen-bond acceptors (Lipinski definition) is 5. The van der Waals surface area contributed by atoms with E-state index in [9.17, 15) is 0 Å². The van der Waals surface area contributed by atoms with Gasteiger partial charge in [-0.1, -0.05) is 12.1 Å². The van der Waals surface area contributed by atoms with Crippen molar-refractivity contribution in [2.75, 3.05) is 44.3 Å². The van der Waals surface area contributed by atoms with Gasteiger partial charge in [0, 0.05) is 56.7 Å². The van der Waals surface area contributed by atoms with Crippen LogP contribution in [0.25, 0.3) is 0 Å². The highest BCUT2D eigenvalue weighted by atomic mass is 16.5. The molecule has 4 heterocycles. The van der Waals surface area contributed by atoms with Crippen LogP contribution in [-0.4, -0.2) is 54.3 Å². The van der Waals surface area contributed by atoms with Crippen molar-refractivity contribution in [3.05, 3.63) is 54.5 Å². The van der Waals surface area contributed by atoms with Crippen LogP contribution in [0.15, 0.2) is 48.9 Å². The SMILES string of the molecule is c1ccc(N2CC[C@]3(COCCN(Cc4cccnc4)C3)C2)nc1. The van der Waals surface area contributed by atoms with E-state index >= 15 is 0 Å². The fourth-order valence-corrected chi connectivity index (χ4v) is 3.88. The lowest BCUT2D eigenvalue weighted by atomic mass is 9.87. The molecule has 0 aliphatic carbocycles. The molecule has 0 N–H and O–H groups in total. The van der Waals surface area contributed by atoms with Crippen LogP contribution in [-0.2, 0) is 11.3 Å². The number of rotatable bonds is 3. The average Bonchev–Trinajstić information content (AvgIpc) is 2.94. The molecule has 2 aromatic rings. The van der Waals surface area contributed by atoms with E-state index in [4.69, 9.17) is 4.74 Å². The van der Waals surface area contributed by atoms with E-state index in [1.54, 1.807) is 0 Å². The molecule has 0 unspecified atom stereocenters. The van der Waals surface area contributed by atoms with Gasteiger partial charge in [0.1, 0.15) is 5.82 Å². The van der Waals surface area contributed by atoms with Gasteiger partial charge in [0.15, 0.2) is 0 Å². The van der Waals surface area contributed by atoms with Crippen molar-refractivity contribution in [2.45, 2.75) is 13.0 Å². The molecule has 2 fully saturated rings. The Hall–Kier alpha value is -1.98. The molecule has 2 aliphatic rings. The first-order valence-corrected chi connectivity index (χ1v) is 8.68. The Kier molecular flexibility index (Phi) is 4.45. The van der Waals surface area contributed by atoms with E-state index in [-0.39, 0.29) is 5.41 Å². The Morgan fingerprint density at radius 1 is 1.08 bits per heavy atom. The lowest BCUT2D eigenvalue weighted by Crippen LogP contribution is -2.40. The first-order chi connectivity index (χ1) is 11.8. The Morgan fingerprint density at radius 2 is 2.08 bits per heavy atom. The predicted molar refractivity (Wildman–Crippen MR) is 93.8 cm³/mol. The van der Waals surface area contributed by atoms with Crippen molar-refractivity contribution in [1.29, 1.82) is 0 Å². The van der Waals surface area contributed by atoms with Crippen LogP contribution in [0.4, 0.5) is 5.82 Å². The smallest absolute Gasteiger partial charge is 0.128 e. The maximum atomic E-state index is 5.98. The predicted octanol–water partition coefficient (Wildman–Crippen LogP) is 2.21. The number of ether oxygens (including phenoxy) is 1. The van der Waals surface area contributed by atoms with Crippen molar-refractivity contribution >= 4 is 5.82 Å². The summed E-state index contributed by atoms with van der Waals surface area (Å²) < 4.78 is 5.98. The van der Waals surface area contributed by atoms with Crippen LogP contribution < -0.4 is 4.90 Å². The lowest BCUT2D eigenvalue weighted by molar-refractivity contribution is 0.0798. The van der Waals surface area contributed by atoms with E-state index in [0.29, 0.717) is 0 Å². The Labute approximate surface area is 143 Å². The molecule has 2 saturated heterocycles. The third-order valence-corrected chi connectivity index (χ3v) is 5.06. The van der Waals surface area contributed by atoms with Crippen molar-refractivity contribution in [2.24, 2.45) is 5.41 Å².